The molecular formula is C14H18N6O2. The van der Waals surface area contributed by atoms with E-state index in [1.165, 1.54) is 0 Å². The van der Waals surface area contributed by atoms with Crippen molar-refractivity contribution >= 4 is 11.7 Å². The topological polar surface area (TPSA) is 85.2 Å². The van der Waals surface area contributed by atoms with Crippen LogP contribution in [0.15, 0.2) is 31.1 Å². The van der Waals surface area contributed by atoms with Crippen molar-refractivity contribution in [1.82, 2.24) is 24.4 Å². The summed E-state index contributed by atoms with van der Waals surface area (Å²) in [6.07, 6.45) is 8.06. The minimum Gasteiger partial charge on any atom is -0.372 e. The van der Waals surface area contributed by atoms with Crippen LogP contribution in [0.1, 0.15) is 11.8 Å². The van der Waals surface area contributed by atoms with Crippen LogP contribution in [0.25, 0.3) is 0 Å². The highest BCUT2D eigenvalue weighted by molar-refractivity contribution is 5.76. The standard InChI is InChI=1S/C14H18N6O2/c1-15-14-13(17-2-3-18-14)11-8-20(6-7-22-11)12(21)9-19-5-4-16-10-19/h2-5,10-11H,6-9H2,1H3,(H,15,18)/t11-/m0/s1. The van der Waals surface area contributed by atoms with E-state index in [4.69, 9.17) is 4.74 Å². The summed E-state index contributed by atoms with van der Waals surface area (Å²) >= 11 is 0. The molecule has 8 nitrogen and oxygen atoms in total. The van der Waals surface area contributed by atoms with Gasteiger partial charge in [-0.2, -0.15) is 0 Å². The smallest absolute Gasteiger partial charge is 0.242 e. The molecule has 1 aliphatic heterocycles. The number of carbonyl (C=O) groups excluding carboxylic acids is 1. The second-order valence-corrected chi connectivity index (χ2v) is 4.97. The lowest BCUT2D eigenvalue weighted by molar-refractivity contribution is -0.139. The number of ether oxygens (including phenoxy) is 1. The van der Waals surface area contributed by atoms with Crippen LogP contribution in [-0.2, 0) is 16.1 Å². The molecular weight excluding hydrogens is 284 g/mol. The number of hydrogen-bond donors (Lipinski definition) is 1. The molecule has 116 valence electrons. The predicted octanol–water partition coefficient (Wildman–Crippen LogP) is 0.315. The molecule has 1 N–H and O–H groups in total. The summed E-state index contributed by atoms with van der Waals surface area (Å²) in [5.74, 6) is 0.720. The van der Waals surface area contributed by atoms with Crippen molar-refractivity contribution in [3.8, 4) is 0 Å². The lowest BCUT2D eigenvalue weighted by atomic mass is 10.2. The van der Waals surface area contributed by atoms with Gasteiger partial charge in [0.25, 0.3) is 0 Å². The molecule has 1 fully saturated rings. The third-order valence-electron chi connectivity index (χ3n) is 3.56. The average Bonchev–Trinajstić information content (AvgIpc) is 3.08. The van der Waals surface area contributed by atoms with E-state index in [9.17, 15) is 4.79 Å². The molecule has 22 heavy (non-hydrogen) atoms. The van der Waals surface area contributed by atoms with Crippen molar-refractivity contribution in [1.29, 1.82) is 0 Å². The van der Waals surface area contributed by atoms with E-state index in [1.54, 1.807) is 47.6 Å². The van der Waals surface area contributed by atoms with E-state index in [-0.39, 0.29) is 18.6 Å². The molecule has 8 heteroatoms. The van der Waals surface area contributed by atoms with Crippen LogP contribution in [0.4, 0.5) is 5.82 Å². The quantitative estimate of drug-likeness (QED) is 0.875. The summed E-state index contributed by atoms with van der Waals surface area (Å²) in [6.45, 7) is 1.83. The van der Waals surface area contributed by atoms with Gasteiger partial charge in [0.2, 0.25) is 5.91 Å². The van der Waals surface area contributed by atoms with Crippen molar-refractivity contribution in [2.24, 2.45) is 0 Å². The van der Waals surface area contributed by atoms with Crippen molar-refractivity contribution in [3.63, 3.8) is 0 Å². The zero-order valence-corrected chi connectivity index (χ0v) is 12.3. The number of morpholine rings is 1. The number of rotatable bonds is 4. The SMILES string of the molecule is CNc1nccnc1[C@@H]1CN(C(=O)Cn2ccnc2)CCO1. The molecule has 0 aromatic carbocycles. The van der Waals surface area contributed by atoms with Gasteiger partial charge in [-0.15, -0.1) is 0 Å². The second-order valence-electron chi connectivity index (χ2n) is 4.97. The van der Waals surface area contributed by atoms with Gasteiger partial charge in [-0.25, -0.2) is 9.97 Å². The van der Waals surface area contributed by atoms with Crippen molar-refractivity contribution in [3.05, 3.63) is 36.8 Å². The zero-order chi connectivity index (χ0) is 15.4. The molecule has 0 saturated carbocycles. The number of nitrogens with one attached hydrogen (secondary N) is 1. The summed E-state index contributed by atoms with van der Waals surface area (Å²) in [5, 5.41) is 3.00. The van der Waals surface area contributed by atoms with Crippen molar-refractivity contribution in [2.75, 3.05) is 32.1 Å². The predicted molar refractivity (Wildman–Crippen MR) is 79.1 cm³/mol. The van der Waals surface area contributed by atoms with E-state index in [0.717, 1.165) is 5.69 Å². The monoisotopic (exact) mass is 302 g/mol. The first kappa shape index (κ1) is 14.5. The minimum atomic E-state index is -0.267. The fraction of sp³-hybridized carbons (Fsp3) is 0.429. The highest BCUT2D eigenvalue weighted by Gasteiger charge is 2.28. The van der Waals surface area contributed by atoms with Crippen LogP contribution in [0.3, 0.4) is 0 Å². The van der Waals surface area contributed by atoms with Crippen molar-refractivity contribution < 1.29 is 9.53 Å². The van der Waals surface area contributed by atoms with Crippen LogP contribution >= 0.6 is 0 Å². The van der Waals surface area contributed by atoms with Crippen LogP contribution in [0.5, 0.6) is 0 Å². The van der Waals surface area contributed by atoms with E-state index in [2.05, 4.69) is 20.3 Å². The van der Waals surface area contributed by atoms with E-state index >= 15 is 0 Å². The van der Waals surface area contributed by atoms with Gasteiger partial charge in [0, 0.05) is 38.4 Å². The Kier molecular flexibility index (Phi) is 4.29. The number of aromatic nitrogens is 4. The maximum Gasteiger partial charge on any atom is 0.242 e. The van der Waals surface area contributed by atoms with Gasteiger partial charge in [0.1, 0.15) is 24.2 Å². The Morgan fingerprint density at radius 1 is 1.41 bits per heavy atom. The molecule has 0 unspecified atom stereocenters. The second kappa shape index (κ2) is 6.52. The number of nitrogens with zero attached hydrogens (tertiary/aromatic N) is 5. The number of imidazole rings is 1. The fourth-order valence-electron chi connectivity index (χ4n) is 2.45. The normalized spacial score (nSPS) is 18.2. The molecule has 0 aliphatic carbocycles. The Balaban J connectivity index is 1.70. The average molecular weight is 302 g/mol. The van der Waals surface area contributed by atoms with Crippen LogP contribution < -0.4 is 5.32 Å². The van der Waals surface area contributed by atoms with Gasteiger partial charge >= 0.3 is 0 Å². The third kappa shape index (κ3) is 3.06. The molecule has 2 aromatic rings. The number of amides is 1. The maximum absolute atomic E-state index is 12.4. The Hall–Kier alpha value is -2.48. The van der Waals surface area contributed by atoms with Gasteiger partial charge in [-0.05, 0) is 0 Å². The molecule has 0 radical (unpaired) electrons. The molecule has 2 aromatic heterocycles. The zero-order valence-electron chi connectivity index (χ0n) is 12.3. The van der Waals surface area contributed by atoms with E-state index in [0.29, 0.717) is 25.5 Å². The first-order chi connectivity index (χ1) is 10.8. The molecule has 1 atom stereocenters. The highest BCUT2D eigenvalue weighted by Crippen LogP contribution is 2.25. The van der Waals surface area contributed by atoms with Crippen LogP contribution in [0.2, 0.25) is 0 Å². The Morgan fingerprint density at radius 2 is 2.27 bits per heavy atom. The first-order valence-corrected chi connectivity index (χ1v) is 7.11. The molecule has 1 amide bonds. The largest absolute Gasteiger partial charge is 0.372 e. The Labute approximate surface area is 128 Å². The Bertz CT molecular complexity index is 630. The van der Waals surface area contributed by atoms with E-state index < -0.39 is 0 Å². The molecule has 0 spiro atoms. The molecule has 0 bridgehead atoms. The first-order valence-electron chi connectivity index (χ1n) is 7.11. The van der Waals surface area contributed by atoms with Gasteiger partial charge < -0.3 is 19.5 Å². The van der Waals surface area contributed by atoms with Crippen molar-refractivity contribution in [2.45, 2.75) is 12.6 Å². The van der Waals surface area contributed by atoms with Crippen LogP contribution in [-0.4, -0.2) is 57.1 Å². The lowest BCUT2D eigenvalue weighted by Gasteiger charge is -2.33. The summed E-state index contributed by atoms with van der Waals surface area (Å²) in [7, 11) is 1.79. The van der Waals surface area contributed by atoms with Gasteiger partial charge in [0.05, 0.1) is 19.5 Å². The highest BCUT2D eigenvalue weighted by atomic mass is 16.5. The van der Waals surface area contributed by atoms with Gasteiger partial charge in [0.15, 0.2) is 0 Å². The van der Waals surface area contributed by atoms with Crippen LogP contribution in [0, 0.1) is 0 Å². The van der Waals surface area contributed by atoms with Gasteiger partial charge in [-0.3, -0.25) is 9.78 Å². The minimum absolute atomic E-state index is 0.0428. The molecule has 3 rings (SSSR count). The fourth-order valence-corrected chi connectivity index (χ4v) is 2.45. The summed E-state index contributed by atoms with van der Waals surface area (Å²) in [6, 6.07) is 0. The lowest BCUT2D eigenvalue weighted by Crippen LogP contribution is -2.43. The molecule has 3 heterocycles. The Morgan fingerprint density at radius 3 is 3.05 bits per heavy atom. The maximum atomic E-state index is 12.4. The summed E-state index contributed by atoms with van der Waals surface area (Å²) in [5.41, 5.74) is 0.727. The molecule has 1 saturated heterocycles. The summed E-state index contributed by atoms with van der Waals surface area (Å²) in [4.78, 5) is 26.7. The van der Waals surface area contributed by atoms with E-state index in [1.807, 2.05) is 0 Å². The number of hydrogen-bond acceptors (Lipinski definition) is 6. The number of carbonyl (C=O) groups is 1. The molecule has 1 aliphatic rings. The number of anilines is 1. The van der Waals surface area contributed by atoms with Gasteiger partial charge in [-0.1, -0.05) is 0 Å². The summed E-state index contributed by atoms with van der Waals surface area (Å²) < 4.78 is 7.52. The third-order valence-corrected chi connectivity index (χ3v) is 3.56.